The summed E-state index contributed by atoms with van der Waals surface area (Å²) in [4.78, 5) is 22.3. The number of nitrogen functional groups attached to an aromatic ring is 1. The van der Waals surface area contributed by atoms with E-state index in [1.54, 1.807) is 18.2 Å². The Bertz CT molecular complexity index is 478. The maximum Gasteiger partial charge on any atom is 0.247 e. The Labute approximate surface area is 99.8 Å². The number of ketones is 1. The summed E-state index contributed by atoms with van der Waals surface area (Å²) in [6.07, 6.45) is 2.64. The van der Waals surface area contributed by atoms with Gasteiger partial charge in [-0.2, -0.15) is 0 Å². The lowest BCUT2D eigenvalue weighted by Crippen LogP contribution is -2.08. The molecular formula is C13H14N2O2. The van der Waals surface area contributed by atoms with Gasteiger partial charge in [0.25, 0.3) is 0 Å². The molecule has 17 heavy (non-hydrogen) atoms. The monoisotopic (exact) mass is 230 g/mol. The number of nitrogens with two attached hydrogens (primary N) is 1. The highest BCUT2D eigenvalue weighted by Gasteiger charge is 2.05. The molecule has 4 heteroatoms. The molecule has 88 valence electrons. The van der Waals surface area contributed by atoms with Crippen molar-refractivity contribution in [1.82, 2.24) is 0 Å². The molecule has 3 N–H and O–H groups in total. The third-order valence-electron chi connectivity index (χ3n) is 2.19. The second-order valence-corrected chi connectivity index (χ2v) is 3.45. The maximum atomic E-state index is 11.2. The Morgan fingerprint density at radius 3 is 2.53 bits per heavy atom. The summed E-state index contributed by atoms with van der Waals surface area (Å²) in [7, 11) is 0. The normalized spacial score (nSPS) is 9.41. The van der Waals surface area contributed by atoms with Crippen molar-refractivity contribution in [3.63, 3.8) is 0 Å². The van der Waals surface area contributed by atoms with Crippen molar-refractivity contribution in [3.8, 4) is 0 Å². The number of carbonyl (C=O) groups is 2. The van der Waals surface area contributed by atoms with Crippen molar-refractivity contribution in [2.75, 3.05) is 11.1 Å². The van der Waals surface area contributed by atoms with Crippen molar-refractivity contribution in [3.05, 3.63) is 49.1 Å². The van der Waals surface area contributed by atoms with Gasteiger partial charge in [-0.05, 0) is 29.8 Å². The molecule has 0 saturated heterocycles. The number of amides is 1. The van der Waals surface area contributed by atoms with Gasteiger partial charge in [0.15, 0.2) is 5.78 Å². The van der Waals surface area contributed by atoms with Crippen LogP contribution in [0.2, 0.25) is 0 Å². The highest BCUT2D eigenvalue weighted by Crippen LogP contribution is 2.18. The average Bonchev–Trinajstić information content (AvgIpc) is 2.32. The maximum absolute atomic E-state index is 11.2. The number of anilines is 2. The SMILES string of the molecule is C=CC(=O)Cc1ccc(NC(=O)C=C)cc1N. The molecule has 0 aliphatic rings. The van der Waals surface area contributed by atoms with Gasteiger partial charge in [-0.3, -0.25) is 9.59 Å². The summed E-state index contributed by atoms with van der Waals surface area (Å²) >= 11 is 0. The number of benzene rings is 1. The topological polar surface area (TPSA) is 72.2 Å². The second kappa shape index (κ2) is 5.65. The van der Waals surface area contributed by atoms with Crippen molar-refractivity contribution in [2.24, 2.45) is 0 Å². The van der Waals surface area contributed by atoms with E-state index in [9.17, 15) is 9.59 Å². The van der Waals surface area contributed by atoms with Gasteiger partial charge in [-0.25, -0.2) is 0 Å². The smallest absolute Gasteiger partial charge is 0.247 e. The van der Waals surface area contributed by atoms with E-state index < -0.39 is 0 Å². The molecular weight excluding hydrogens is 216 g/mol. The molecule has 0 atom stereocenters. The van der Waals surface area contributed by atoms with E-state index in [1.165, 1.54) is 12.2 Å². The van der Waals surface area contributed by atoms with Gasteiger partial charge in [0.1, 0.15) is 0 Å². The molecule has 1 rings (SSSR count). The van der Waals surface area contributed by atoms with Crippen LogP contribution in [0.15, 0.2) is 43.5 Å². The Kier molecular flexibility index (Phi) is 4.22. The average molecular weight is 230 g/mol. The lowest BCUT2D eigenvalue weighted by Gasteiger charge is -2.07. The number of hydrogen-bond acceptors (Lipinski definition) is 3. The lowest BCUT2D eigenvalue weighted by atomic mass is 10.1. The minimum Gasteiger partial charge on any atom is -0.398 e. The molecule has 0 fully saturated rings. The molecule has 0 aliphatic carbocycles. The fourth-order valence-corrected chi connectivity index (χ4v) is 1.29. The van der Waals surface area contributed by atoms with E-state index in [0.29, 0.717) is 16.9 Å². The first-order valence-corrected chi connectivity index (χ1v) is 5.04. The largest absolute Gasteiger partial charge is 0.398 e. The molecule has 0 aliphatic heterocycles. The number of hydrogen-bond donors (Lipinski definition) is 2. The number of rotatable bonds is 5. The van der Waals surface area contributed by atoms with Crippen molar-refractivity contribution in [2.45, 2.75) is 6.42 Å². The van der Waals surface area contributed by atoms with Crippen LogP contribution in [0, 0.1) is 0 Å². The van der Waals surface area contributed by atoms with Crippen LogP contribution in [0.4, 0.5) is 11.4 Å². The van der Waals surface area contributed by atoms with Crippen LogP contribution >= 0.6 is 0 Å². The molecule has 0 saturated carbocycles. The van der Waals surface area contributed by atoms with Gasteiger partial charge in [0.05, 0.1) is 0 Å². The molecule has 0 bridgehead atoms. The summed E-state index contributed by atoms with van der Waals surface area (Å²) in [5, 5.41) is 2.58. The standard InChI is InChI=1S/C13H14N2O2/c1-3-11(16)7-9-5-6-10(8-12(9)14)15-13(17)4-2/h3-6,8H,1-2,7,14H2,(H,15,17). The summed E-state index contributed by atoms with van der Waals surface area (Å²) in [6, 6.07) is 4.99. The molecule has 1 amide bonds. The van der Waals surface area contributed by atoms with E-state index in [-0.39, 0.29) is 18.1 Å². The van der Waals surface area contributed by atoms with Gasteiger partial charge < -0.3 is 11.1 Å². The summed E-state index contributed by atoms with van der Waals surface area (Å²) in [5.74, 6) is -0.404. The number of carbonyl (C=O) groups excluding carboxylic acids is 2. The molecule has 0 aromatic heterocycles. The van der Waals surface area contributed by atoms with E-state index in [1.807, 2.05) is 0 Å². The zero-order chi connectivity index (χ0) is 12.8. The zero-order valence-electron chi connectivity index (χ0n) is 9.40. The molecule has 4 nitrogen and oxygen atoms in total. The predicted octanol–water partition coefficient (Wildman–Crippen LogP) is 1.69. The van der Waals surface area contributed by atoms with E-state index >= 15 is 0 Å². The number of allylic oxidation sites excluding steroid dienone is 1. The van der Waals surface area contributed by atoms with Gasteiger partial charge >= 0.3 is 0 Å². The third kappa shape index (κ3) is 3.61. The third-order valence-corrected chi connectivity index (χ3v) is 2.19. The molecule has 1 aromatic rings. The summed E-state index contributed by atoms with van der Waals surface area (Å²) in [6.45, 7) is 6.74. The summed E-state index contributed by atoms with van der Waals surface area (Å²) in [5.41, 5.74) is 7.52. The fourth-order valence-electron chi connectivity index (χ4n) is 1.29. The zero-order valence-corrected chi connectivity index (χ0v) is 9.40. The molecule has 1 aromatic carbocycles. The predicted molar refractivity (Wildman–Crippen MR) is 68.6 cm³/mol. The van der Waals surface area contributed by atoms with Crippen LogP contribution in [0.5, 0.6) is 0 Å². The van der Waals surface area contributed by atoms with Crippen LogP contribution < -0.4 is 11.1 Å². The molecule has 0 radical (unpaired) electrons. The van der Waals surface area contributed by atoms with Crippen LogP contribution in [0.3, 0.4) is 0 Å². The van der Waals surface area contributed by atoms with Crippen molar-refractivity contribution < 1.29 is 9.59 Å². The Balaban J connectivity index is 2.85. The summed E-state index contributed by atoms with van der Waals surface area (Å²) < 4.78 is 0. The molecule has 0 spiro atoms. The van der Waals surface area contributed by atoms with Gasteiger partial charge in [-0.1, -0.05) is 19.2 Å². The molecule has 0 unspecified atom stereocenters. The fraction of sp³-hybridized carbons (Fsp3) is 0.0769. The van der Waals surface area contributed by atoms with Crippen LogP contribution in [0.25, 0.3) is 0 Å². The van der Waals surface area contributed by atoms with E-state index in [0.717, 1.165) is 0 Å². The first-order chi connectivity index (χ1) is 8.06. The lowest BCUT2D eigenvalue weighted by molar-refractivity contribution is -0.114. The highest BCUT2D eigenvalue weighted by atomic mass is 16.1. The Morgan fingerprint density at radius 2 is 2.00 bits per heavy atom. The van der Waals surface area contributed by atoms with Crippen molar-refractivity contribution >= 4 is 23.1 Å². The van der Waals surface area contributed by atoms with Crippen molar-refractivity contribution in [1.29, 1.82) is 0 Å². The van der Waals surface area contributed by atoms with Gasteiger partial charge in [0, 0.05) is 17.8 Å². The minimum atomic E-state index is -0.306. The van der Waals surface area contributed by atoms with E-state index in [4.69, 9.17) is 5.73 Å². The number of nitrogens with one attached hydrogen (secondary N) is 1. The van der Waals surface area contributed by atoms with Crippen LogP contribution in [-0.4, -0.2) is 11.7 Å². The first kappa shape index (κ1) is 12.7. The minimum absolute atomic E-state index is 0.0976. The molecule has 0 heterocycles. The van der Waals surface area contributed by atoms with Crippen LogP contribution in [-0.2, 0) is 16.0 Å². The van der Waals surface area contributed by atoms with Gasteiger partial charge in [-0.15, -0.1) is 0 Å². The first-order valence-electron chi connectivity index (χ1n) is 5.04. The second-order valence-electron chi connectivity index (χ2n) is 3.45. The Morgan fingerprint density at radius 1 is 1.29 bits per heavy atom. The quantitative estimate of drug-likeness (QED) is 0.597. The van der Waals surface area contributed by atoms with Crippen LogP contribution in [0.1, 0.15) is 5.56 Å². The van der Waals surface area contributed by atoms with E-state index in [2.05, 4.69) is 18.5 Å². The van der Waals surface area contributed by atoms with Gasteiger partial charge in [0.2, 0.25) is 5.91 Å². The Hall–Kier alpha value is -2.36. The highest BCUT2D eigenvalue weighted by molar-refractivity contribution is 5.99.